The molecule has 2 N–H and O–H groups in total. The highest BCUT2D eigenvalue weighted by Crippen LogP contribution is 2.29. The summed E-state index contributed by atoms with van der Waals surface area (Å²) >= 11 is 0. The largest absolute Gasteiger partial charge is 0.337 e. The lowest BCUT2D eigenvalue weighted by Gasteiger charge is -2.39. The second-order valence-corrected chi connectivity index (χ2v) is 10.3. The molecule has 0 bridgehead atoms. The van der Waals surface area contributed by atoms with Gasteiger partial charge in [0.1, 0.15) is 18.4 Å². The Morgan fingerprint density at radius 1 is 1.10 bits per heavy atom. The number of Topliss-reactive ketones (excluding diaryl/α,β-unsaturated/α-hetero) is 1. The maximum absolute atomic E-state index is 13.8. The number of likely N-dealkylation sites (tertiary alicyclic amines) is 2. The van der Waals surface area contributed by atoms with E-state index in [1.807, 2.05) is 13.0 Å². The summed E-state index contributed by atoms with van der Waals surface area (Å²) in [6, 6.07) is 8.90. The number of urea groups is 1. The van der Waals surface area contributed by atoms with Gasteiger partial charge in [-0.25, -0.2) is 18.6 Å². The van der Waals surface area contributed by atoms with Gasteiger partial charge in [0.25, 0.3) is 5.92 Å². The van der Waals surface area contributed by atoms with Crippen LogP contribution < -0.4 is 10.6 Å². The zero-order chi connectivity index (χ0) is 28.6. The first kappa shape index (κ1) is 27.2. The highest BCUT2D eigenvalue weighted by atomic mass is 19.3. The number of aromatic nitrogens is 2. The summed E-state index contributed by atoms with van der Waals surface area (Å²) in [6.07, 6.45) is 2.07. The van der Waals surface area contributed by atoms with E-state index in [-0.39, 0.29) is 43.5 Å². The number of benzene rings is 1. The fourth-order valence-corrected chi connectivity index (χ4v) is 5.15. The van der Waals surface area contributed by atoms with Gasteiger partial charge in [-0.15, -0.1) is 0 Å². The Bertz CT molecular complexity index is 1500. The first-order chi connectivity index (χ1) is 19.0. The van der Waals surface area contributed by atoms with Crippen molar-refractivity contribution in [2.24, 2.45) is 0 Å². The molecule has 210 valence electrons. The second kappa shape index (κ2) is 10.7. The topological polar surface area (TPSA) is 117 Å². The monoisotopic (exact) mass is 552 g/mol. The van der Waals surface area contributed by atoms with E-state index in [0.29, 0.717) is 40.9 Å². The summed E-state index contributed by atoms with van der Waals surface area (Å²) in [5.41, 5.74) is 2.05. The van der Waals surface area contributed by atoms with Crippen LogP contribution in [0.3, 0.4) is 0 Å². The van der Waals surface area contributed by atoms with Gasteiger partial charge in [-0.1, -0.05) is 6.07 Å². The number of aryl methyl sites for hydroxylation is 1. The number of rotatable bonds is 6. The summed E-state index contributed by atoms with van der Waals surface area (Å²) in [7, 11) is 0. The first-order valence-corrected chi connectivity index (χ1v) is 13.1. The van der Waals surface area contributed by atoms with Crippen molar-refractivity contribution in [3.63, 3.8) is 0 Å². The van der Waals surface area contributed by atoms with E-state index >= 15 is 0 Å². The molecule has 2 aliphatic heterocycles. The molecule has 1 atom stereocenters. The van der Waals surface area contributed by atoms with Crippen molar-refractivity contribution in [2.75, 3.05) is 30.3 Å². The van der Waals surface area contributed by atoms with E-state index in [0.717, 1.165) is 10.6 Å². The van der Waals surface area contributed by atoms with Gasteiger partial charge in [0.2, 0.25) is 11.8 Å². The molecule has 0 saturated carbocycles. The number of carbonyl (C=O) groups is 4. The average Bonchev–Trinajstić information content (AvgIpc) is 3.20. The molecular formula is C28H30F2N6O4. The Morgan fingerprint density at radius 3 is 2.58 bits per heavy atom. The van der Waals surface area contributed by atoms with Gasteiger partial charge in [0.05, 0.1) is 6.54 Å². The summed E-state index contributed by atoms with van der Waals surface area (Å²) in [5.74, 6) is -3.32. The number of nitrogens with one attached hydrogen (secondary N) is 2. The normalized spacial score (nSPS) is 18.2. The molecule has 0 unspecified atom stereocenters. The van der Waals surface area contributed by atoms with E-state index in [9.17, 15) is 28.0 Å². The Labute approximate surface area is 229 Å². The maximum atomic E-state index is 13.8. The van der Waals surface area contributed by atoms with Crippen LogP contribution in [0.4, 0.5) is 25.1 Å². The number of nitrogens with zero attached hydrogens (tertiary/aromatic N) is 4. The van der Waals surface area contributed by atoms with Crippen molar-refractivity contribution in [2.45, 2.75) is 51.6 Å². The van der Waals surface area contributed by atoms with Gasteiger partial charge >= 0.3 is 6.03 Å². The van der Waals surface area contributed by atoms with E-state index in [2.05, 4.69) is 15.6 Å². The molecule has 2 saturated heterocycles. The van der Waals surface area contributed by atoms with Crippen molar-refractivity contribution < 1.29 is 28.0 Å². The number of ketones is 1. The number of hydrogen-bond acceptors (Lipinski definition) is 5. The van der Waals surface area contributed by atoms with Crippen molar-refractivity contribution in [3.05, 3.63) is 53.9 Å². The van der Waals surface area contributed by atoms with Crippen LogP contribution in [0.2, 0.25) is 0 Å². The molecule has 12 heteroatoms. The maximum Gasteiger partial charge on any atom is 0.322 e. The number of anilines is 2. The molecule has 40 heavy (non-hydrogen) atoms. The second-order valence-electron chi connectivity index (χ2n) is 10.3. The zero-order valence-corrected chi connectivity index (χ0v) is 22.2. The van der Waals surface area contributed by atoms with Gasteiger partial charge in [0.15, 0.2) is 5.78 Å². The Morgan fingerprint density at radius 2 is 1.90 bits per heavy atom. The molecule has 0 radical (unpaired) electrons. The minimum Gasteiger partial charge on any atom is -0.337 e. The van der Waals surface area contributed by atoms with Gasteiger partial charge in [-0.05, 0) is 57.0 Å². The summed E-state index contributed by atoms with van der Waals surface area (Å²) < 4.78 is 29.2. The minimum absolute atomic E-state index is 0.0924. The standard InChI is InChI=1S/C28H30F2N6O4/c1-17-5-3-6-24(31-17)33-26(39)23-9-12-36(23)25(38)15-35-14-21(18(2)37)20-13-19(7-8-22(20)35)32-27(40)34-11-4-10-28(29,30)16-34/h3,5-8,13-14,23H,4,9-12,15-16H2,1-2H3,(H,32,40)(H,31,33,39)/t23-/m0/s1. The number of halogens is 2. The summed E-state index contributed by atoms with van der Waals surface area (Å²) in [6.45, 7) is 3.15. The van der Waals surface area contributed by atoms with Crippen LogP contribution in [0.15, 0.2) is 42.6 Å². The van der Waals surface area contributed by atoms with Crippen LogP contribution in [-0.4, -0.2) is 74.6 Å². The minimum atomic E-state index is -2.92. The third kappa shape index (κ3) is 5.65. The number of hydrogen-bond donors (Lipinski definition) is 2. The first-order valence-electron chi connectivity index (χ1n) is 13.1. The van der Waals surface area contributed by atoms with Crippen molar-refractivity contribution in [1.82, 2.24) is 19.4 Å². The van der Waals surface area contributed by atoms with Crippen molar-refractivity contribution in [3.8, 4) is 0 Å². The molecule has 5 rings (SSSR count). The smallest absolute Gasteiger partial charge is 0.322 e. The van der Waals surface area contributed by atoms with E-state index in [1.54, 1.807) is 41.1 Å². The number of piperidine rings is 1. The molecule has 3 aromatic rings. The van der Waals surface area contributed by atoms with Gasteiger partial charge in [-0.3, -0.25) is 14.4 Å². The third-order valence-corrected chi connectivity index (χ3v) is 7.28. The molecule has 2 fully saturated rings. The quantitative estimate of drug-likeness (QED) is 0.448. The lowest BCUT2D eigenvalue weighted by molar-refractivity contribution is -0.145. The highest BCUT2D eigenvalue weighted by molar-refractivity contribution is 6.08. The van der Waals surface area contributed by atoms with Crippen LogP contribution in [0.5, 0.6) is 0 Å². The van der Waals surface area contributed by atoms with Gasteiger partial charge in [-0.2, -0.15) is 0 Å². The SMILES string of the molecule is CC(=O)c1cn(CC(=O)N2CC[C@H]2C(=O)Nc2cccc(C)n2)c2ccc(NC(=O)N3CCCC(F)(F)C3)cc12. The van der Waals surface area contributed by atoms with E-state index < -0.39 is 24.5 Å². The van der Waals surface area contributed by atoms with Crippen molar-refractivity contribution >= 4 is 46.0 Å². The van der Waals surface area contributed by atoms with Crippen LogP contribution in [0.25, 0.3) is 10.9 Å². The highest BCUT2D eigenvalue weighted by Gasteiger charge is 2.38. The number of pyridine rings is 1. The zero-order valence-electron chi connectivity index (χ0n) is 22.2. The molecule has 2 aliphatic rings. The Kier molecular flexibility index (Phi) is 7.26. The van der Waals surface area contributed by atoms with Crippen LogP contribution in [0, 0.1) is 6.92 Å². The number of carbonyl (C=O) groups excluding carboxylic acids is 4. The van der Waals surface area contributed by atoms with Gasteiger partial charge < -0.3 is 25.0 Å². The summed E-state index contributed by atoms with van der Waals surface area (Å²) in [5, 5.41) is 5.92. The van der Waals surface area contributed by atoms with Crippen LogP contribution in [0.1, 0.15) is 42.2 Å². The van der Waals surface area contributed by atoms with E-state index in [4.69, 9.17) is 0 Å². The molecule has 4 heterocycles. The lowest BCUT2D eigenvalue weighted by Crippen LogP contribution is -2.57. The van der Waals surface area contributed by atoms with E-state index in [1.165, 1.54) is 11.8 Å². The number of alkyl halides is 2. The number of fused-ring (bicyclic) bond motifs is 1. The molecule has 1 aromatic carbocycles. The predicted molar refractivity (Wildman–Crippen MR) is 144 cm³/mol. The molecule has 0 aliphatic carbocycles. The van der Waals surface area contributed by atoms with Crippen LogP contribution in [-0.2, 0) is 16.1 Å². The lowest BCUT2D eigenvalue weighted by atomic mass is 10.0. The van der Waals surface area contributed by atoms with Gasteiger partial charge in [0, 0.05) is 53.6 Å². The fraction of sp³-hybridized carbons (Fsp3) is 0.393. The molecule has 4 amide bonds. The number of amides is 4. The summed E-state index contributed by atoms with van der Waals surface area (Å²) in [4.78, 5) is 57.8. The third-order valence-electron chi connectivity index (χ3n) is 7.28. The van der Waals surface area contributed by atoms with Crippen LogP contribution >= 0.6 is 0 Å². The fourth-order valence-electron chi connectivity index (χ4n) is 5.15. The molecule has 2 aromatic heterocycles. The average molecular weight is 553 g/mol. The van der Waals surface area contributed by atoms with Crippen molar-refractivity contribution in [1.29, 1.82) is 0 Å². The molecule has 10 nitrogen and oxygen atoms in total. The Balaban J connectivity index is 1.30. The molecule has 0 spiro atoms. The predicted octanol–water partition coefficient (Wildman–Crippen LogP) is 4.05. The molecular weight excluding hydrogens is 522 g/mol. The Hall–Kier alpha value is -4.35.